The second-order valence-corrected chi connectivity index (χ2v) is 5.06. The van der Waals surface area contributed by atoms with Gasteiger partial charge < -0.3 is 10.1 Å². The van der Waals surface area contributed by atoms with Crippen molar-refractivity contribution in [1.29, 1.82) is 0 Å². The van der Waals surface area contributed by atoms with Crippen molar-refractivity contribution in [2.75, 3.05) is 13.7 Å². The molecule has 1 aliphatic rings. The van der Waals surface area contributed by atoms with Gasteiger partial charge in [-0.1, -0.05) is 24.3 Å². The average Bonchev–Trinajstić information content (AvgIpc) is 2.53. The number of hydrogen-bond acceptors (Lipinski definition) is 3. The summed E-state index contributed by atoms with van der Waals surface area (Å²) in [6.45, 7) is 0.781. The Hall–Kier alpha value is -2.20. The number of rotatable bonds is 2. The number of carbonyl (C=O) groups excluding carboxylic acids is 1. The molecule has 0 spiro atoms. The molecule has 0 aliphatic carbocycles. The summed E-state index contributed by atoms with van der Waals surface area (Å²) < 4.78 is 18.8. The lowest BCUT2D eigenvalue weighted by Gasteiger charge is -2.28. The first-order valence-corrected chi connectivity index (χ1v) is 6.89. The number of ether oxygens (including phenoxy) is 1. The standard InChI is InChI=1S/C17H16FNO2/c1-21-17(20)12-7-6-11-8-9-19-16(14(11)10-12)13-4-2-3-5-15(13)18/h2-7,10,16,19H,8-9H2,1H3/t16-/m0/s1. The normalized spacial score (nSPS) is 17.1. The lowest BCUT2D eigenvalue weighted by molar-refractivity contribution is 0.0600. The van der Waals surface area contributed by atoms with Gasteiger partial charge in [0.1, 0.15) is 5.82 Å². The molecule has 0 saturated carbocycles. The summed E-state index contributed by atoms with van der Waals surface area (Å²) in [5.74, 6) is -0.623. The van der Waals surface area contributed by atoms with Crippen molar-refractivity contribution in [3.63, 3.8) is 0 Å². The molecule has 1 N–H and O–H groups in total. The van der Waals surface area contributed by atoms with E-state index in [1.54, 1.807) is 24.3 Å². The quantitative estimate of drug-likeness (QED) is 0.862. The molecule has 108 valence electrons. The van der Waals surface area contributed by atoms with Crippen LogP contribution in [0.2, 0.25) is 0 Å². The largest absolute Gasteiger partial charge is 0.465 e. The zero-order valence-electron chi connectivity index (χ0n) is 11.7. The minimum atomic E-state index is -0.379. The van der Waals surface area contributed by atoms with Crippen molar-refractivity contribution < 1.29 is 13.9 Å². The van der Waals surface area contributed by atoms with Crippen LogP contribution in [0.15, 0.2) is 42.5 Å². The lowest BCUT2D eigenvalue weighted by atomic mass is 9.88. The number of nitrogens with one attached hydrogen (secondary N) is 1. The van der Waals surface area contributed by atoms with E-state index in [9.17, 15) is 9.18 Å². The van der Waals surface area contributed by atoms with Crippen LogP contribution < -0.4 is 5.32 Å². The van der Waals surface area contributed by atoms with E-state index in [2.05, 4.69) is 5.32 Å². The third-order valence-corrected chi connectivity index (χ3v) is 3.84. The fraction of sp³-hybridized carbons (Fsp3) is 0.235. The molecular formula is C17H16FNO2. The third kappa shape index (κ3) is 2.54. The van der Waals surface area contributed by atoms with Gasteiger partial charge in [0, 0.05) is 12.1 Å². The summed E-state index contributed by atoms with van der Waals surface area (Å²) >= 11 is 0. The van der Waals surface area contributed by atoms with Crippen LogP contribution in [0.4, 0.5) is 4.39 Å². The molecule has 1 atom stereocenters. The van der Waals surface area contributed by atoms with Crippen molar-refractivity contribution in [2.45, 2.75) is 12.5 Å². The highest BCUT2D eigenvalue weighted by Gasteiger charge is 2.24. The Morgan fingerprint density at radius 2 is 2.05 bits per heavy atom. The number of benzene rings is 2. The second kappa shape index (κ2) is 5.66. The van der Waals surface area contributed by atoms with Crippen molar-refractivity contribution >= 4 is 5.97 Å². The molecule has 1 heterocycles. The highest BCUT2D eigenvalue weighted by molar-refractivity contribution is 5.89. The number of hydrogen-bond donors (Lipinski definition) is 1. The van der Waals surface area contributed by atoms with Crippen LogP contribution in [0, 0.1) is 5.82 Å². The molecule has 0 unspecified atom stereocenters. The predicted molar refractivity (Wildman–Crippen MR) is 77.7 cm³/mol. The van der Waals surface area contributed by atoms with Gasteiger partial charge in [0.25, 0.3) is 0 Å². The Bertz CT molecular complexity index is 684. The topological polar surface area (TPSA) is 38.3 Å². The van der Waals surface area contributed by atoms with Gasteiger partial charge in [-0.05, 0) is 35.7 Å². The van der Waals surface area contributed by atoms with E-state index < -0.39 is 0 Å². The maximum Gasteiger partial charge on any atom is 0.337 e. The number of methoxy groups -OCH3 is 1. The van der Waals surface area contributed by atoms with E-state index in [0.717, 1.165) is 24.1 Å². The van der Waals surface area contributed by atoms with E-state index in [1.165, 1.54) is 13.2 Å². The molecule has 2 aromatic carbocycles. The summed E-state index contributed by atoms with van der Waals surface area (Å²) in [5, 5.41) is 3.32. The van der Waals surface area contributed by atoms with Crippen LogP contribution in [-0.4, -0.2) is 19.6 Å². The molecule has 0 aromatic heterocycles. The Balaban J connectivity index is 2.08. The summed E-state index contributed by atoms with van der Waals surface area (Å²) in [7, 11) is 1.36. The Kier molecular flexibility index (Phi) is 3.71. The first-order chi connectivity index (χ1) is 10.2. The van der Waals surface area contributed by atoms with Crippen LogP contribution >= 0.6 is 0 Å². The Labute approximate surface area is 122 Å². The molecule has 2 aromatic rings. The summed E-state index contributed by atoms with van der Waals surface area (Å²) in [4.78, 5) is 11.7. The van der Waals surface area contributed by atoms with Crippen LogP contribution in [0.1, 0.15) is 33.1 Å². The molecule has 1 aliphatic heterocycles. The highest BCUT2D eigenvalue weighted by atomic mass is 19.1. The molecular weight excluding hydrogens is 269 g/mol. The minimum absolute atomic E-state index is 0.237. The van der Waals surface area contributed by atoms with Gasteiger partial charge >= 0.3 is 5.97 Å². The fourth-order valence-electron chi connectivity index (χ4n) is 2.78. The highest BCUT2D eigenvalue weighted by Crippen LogP contribution is 2.31. The van der Waals surface area contributed by atoms with Gasteiger partial charge in [0.2, 0.25) is 0 Å². The molecule has 4 heteroatoms. The van der Waals surface area contributed by atoms with Gasteiger partial charge in [-0.3, -0.25) is 0 Å². The van der Waals surface area contributed by atoms with E-state index >= 15 is 0 Å². The van der Waals surface area contributed by atoms with Gasteiger partial charge in [-0.25, -0.2) is 9.18 Å². The van der Waals surface area contributed by atoms with Crippen LogP contribution in [-0.2, 0) is 11.2 Å². The molecule has 0 bridgehead atoms. The fourth-order valence-corrected chi connectivity index (χ4v) is 2.78. The maximum atomic E-state index is 14.1. The summed E-state index contributed by atoms with van der Waals surface area (Å²) in [6.07, 6.45) is 0.863. The molecule has 3 nitrogen and oxygen atoms in total. The molecule has 21 heavy (non-hydrogen) atoms. The van der Waals surface area contributed by atoms with Crippen molar-refractivity contribution in [3.8, 4) is 0 Å². The molecule has 0 amide bonds. The smallest absolute Gasteiger partial charge is 0.337 e. The van der Waals surface area contributed by atoms with Gasteiger partial charge in [-0.2, -0.15) is 0 Å². The Morgan fingerprint density at radius 3 is 2.81 bits per heavy atom. The van der Waals surface area contributed by atoms with Crippen molar-refractivity contribution in [3.05, 3.63) is 70.5 Å². The molecule has 0 fully saturated rings. The van der Waals surface area contributed by atoms with Crippen LogP contribution in [0.25, 0.3) is 0 Å². The first-order valence-electron chi connectivity index (χ1n) is 6.89. The number of fused-ring (bicyclic) bond motifs is 1. The first kappa shape index (κ1) is 13.8. The molecule has 0 radical (unpaired) electrons. The van der Waals surface area contributed by atoms with Crippen LogP contribution in [0.3, 0.4) is 0 Å². The van der Waals surface area contributed by atoms with E-state index in [-0.39, 0.29) is 17.8 Å². The minimum Gasteiger partial charge on any atom is -0.465 e. The third-order valence-electron chi connectivity index (χ3n) is 3.84. The lowest BCUT2D eigenvalue weighted by Crippen LogP contribution is -2.31. The van der Waals surface area contributed by atoms with Gasteiger partial charge in [0.05, 0.1) is 18.7 Å². The zero-order valence-corrected chi connectivity index (χ0v) is 11.7. The van der Waals surface area contributed by atoms with Gasteiger partial charge in [0.15, 0.2) is 0 Å². The van der Waals surface area contributed by atoms with Crippen molar-refractivity contribution in [1.82, 2.24) is 5.32 Å². The number of esters is 1. The average molecular weight is 285 g/mol. The summed E-state index contributed by atoms with van der Waals surface area (Å²) in [6, 6.07) is 12.0. The summed E-state index contributed by atoms with van der Waals surface area (Å²) in [5.41, 5.74) is 3.16. The van der Waals surface area contributed by atoms with Gasteiger partial charge in [-0.15, -0.1) is 0 Å². The van der Waals surface area contributed by atoms with E-state index in [1.807, 2.05) is 12.1 Å². The van der Waals surface area contributed by atoms with Crippen molar-refractivity contribution in [2.24, 2.45) is 0 Å². The zero-order chi connectivity index (χ0) is 14.8. The predicted octanol–water partition coefficient (Wildman–Crippen LogP) is 2.85. The molecule has 3 rings (SSSR count). The Morgan fingerprint density at radius 1 is 1.24 bits per heavy atom. The number of carbonyl (C=O) groups is 1. The number of halogens is 1. The monoisotopic (exact) mass is 285 g/mol. The maximum absolute atomic E-state index is 14.1. The van der Waals surface area contributed by atoms with Crippen LogP contribution in [0.5, 0.6) is 0 Å². The second-order valence-electron chi connectivity index (χ2n) is 5.06. The van der Waals surface area contributed by atoms with E-state index in [4.69, 9.17) is 4.74 Å². The molecule has 0 saturated heterocycles. The SMILES string of the molecule is COC(=O)c1ccc2c(c1)[C@H](c1ccccc1F)NCC2. The van der Waals surface area contributed by atoms with E-state index in [0.29, 0.717) is 11.1 Å².